The van der Waals surface area contributed by atoms with Gasteiger partial charge in [0.1, 0.15) is 0 Å². The van der Waals surface area contributed by atoms with Gasteiger partial charge >= 0.3 is 0 Å². The van der Waals surface area contributed by atoms with Gasteiger partial charge in [-0.15, -0.1) is 0 Å². The maximum Gasteiger partial charge on any atom is 0.0718 e. The fraction of sp³-hybridized carbons (Fsp3) is 0.875. The van der Waals surface area contributed by atoms with Crippen LogP contribution in [0.15, 0.2) is 12.2 Å². The van der Waals surface area contributed by atoms with E-state index in [9.17, 15) is 10.2 Å². The highest BCUT2D eigenvalue weighted by Crippen LogP contribution is 2.40. The Morgan fingerprint density at radius 1 is 1.16 bits per heavy atom. The predicted molar refractivity (Wildman–Crippen MR) is 80.2 cm³/mol. The molecule has 2 atom stereocenters. The lowest BCUT2D eigenvalue weighted by atomic mass is 9.72. The monoisotopic (exact) mass is 272 g/mol. The van der Waals surface area contributed by atoms with E-state index in [1.54, 1.807) is 13.8 Å². The molecule has 0 radical (unpaired) electrons. The molecule has 0 aromatic rings. The van der Waals surface area contributed by atoms with E-state index in [1.165, 1.54) is 0 Å². The van der Waals surface area contributed by atoms with Crippen molar-refractivity contribution < 1.29 is 14.9 Å². The predicted octanol–water partition coefficient (Wildman–Crippen LogP) is 3.30. The first kappa shape index (κ1) is 18.6. The summed E-state index contributed by atoms with van der Waals surface area (Å²) in [6, 6.07) is 0. The maximum absolute atomic E-state index is 9.86. The molecule has 0 fully saturated rings. The zero-order valence-corrected chi connectivity index (χ0v) is 13.7. The molecule has 0 spiro atoms. The van der Waals surface area contributed by atoms with Crippen LogP contribution >= 0.6 is 0 Å². The first-order valence-electron chi connectivity index (χ1n) is 7.12. The van der Waals surface area contributed by atoms with Crippen LogP contribution in [-0.2, 0) is 4.74 Å². The Bertz CT molecular complexity index is 289. The minimum Gasteiger partial charge on any atom is -0.396 e. The van der Waals surface area contributed by atoms with Crippen molar-refractivity contribution in [2.24, 2.45) is 5.41 Å². The normalized spacial score (nSPS) is 18.6. The van der Waals surface area contributed by atoms with E-state index in [1.807, 2.05) is 33.8 Å². The van der Waals surface area contributed by atoms with Gasteiger partial charge in [0.15, 0.2) is 0 Å². The highest BCUT2D eigenvalue weighted by molar-refractivity contribution is 5.05. The number of aliphatic hydroxyl groups excluding tert-OH is 1. The lowest BCUT2D eigenvalue weighted by molar-refractivity contribution is -0.140. The van der Waals surface area contributed by atoms with Crippen molar-refractivity contribution in [2.75, 3.05) is 6.61 Å². The van der Waals surface area contributed by atoms with Gasteiger partial charge in [-0.3, -0.25) is 0 Å². The van der Waals surface area contributed by atoms with Gasteiger partial charge in [0, 0.05) is 18.4 Å². The third-order valence-corrected chi connectivity index (χ3v) is 3.82. The second-order valence-corrected chi connectivity index (χ2v) is 6.85. The number of allylic oxidation sites excluding steroid dienone is 1. The quantitative estimate of drug-likeness (QED) is 0.667. The standard InChI is InChI=1S/C16H32O3/c1-8-9-16(7,10-11-17)15(5,6)19-13(2)12-14(3,4)18/h8-9,13,17-18H,10-12H2,1-7H3. The van der Waals surface area contributed by atoms with E-state index in [2.05, 4.69) is 13.0 Å². The maximum atomic E-state index is 9.86. The van der Waals surface area contributed by atoms with Crippen LogP contribution in [-0.4, -0.2) is 34.1 Å². The highest BCUT2D eigenvalue weighted by Gasteiger charge is 2.40. The van der Waals surface area contributed by atoms with Gasteiger partial charge < -0.3 is 14.9 Å². The summed E-state index contributed by atoms with van der Waals surface area (Å²) >= 11 is 0. The summed E-state index contributed by atoms with van der Waals surface area (Å²) < 4.78 is 6.16. The van der Waals surface area contributed by atoms with Crippen LogP contribution < -0.4 is 0 Å². The molecule has 0 aliphatic rings. The summed E-state index contributed by atoms with van der Waals surface area (Å²) in [5.74, 6) is 0. The molecule has 0 saturated carbocycles. The minimum atomic E-state index is -0.733. The fourth-order valence-electron chi connectivity index (χ4n) is 2.57. The average molecular weight is 272 g/mol. The fourth-order valence-corrected chi connectivity index (χ4v) is 2.57. The molecule has 0 aromatic carbocycles. The molecule has 2 N–H and O–H groups in total. The Hall–Kier alpha value is -0.380. The third-order valence-electron chi connectivity index (χ3n) is 3.82. The summed E-state index contributed by atoms with van der Waals surface area (Å²) in [7, 11) is 0. The lowest BCUT2D eigenvalue weighted by Gasteiger charge is -2.44. The van der Waals surface area contributed by atoms with Crippen LogP contribution in [0.5, 0.6) is 0 Å². The highest BCUT2D eigenvalue weighted by atomic mass is 16.5. The number of hydrogen-bond donors (Lipinski definition) is 2. The van der Waals surface area contributed by atoms with E-state index in [0.29, 0.717) is 12.8 Å². The average Bonchev–Trinajstić information content (AvgIpc) is 2.13. The molecular weight excluding hydrogens is 240 g/mol. The molecule has 3 nitrogen and oxygen atoms in total. The molecule has 0 aromatic heterocycles. The molecule has 0 amide bonds. The van der Waals surface area contributed by atoms with Crippen molar-refractivity contribution in [3.05, 3.63) is 12.2 Å². The first-order chi connectivity index (χ1) is 8.47. The van der Waals surface area contributed by atoms with Crippen molar-refractivity contribution in [1.82, 2.24) is 0 Å². The number of hydrogen-bond acceptors (Lipinski definition) is 3. The summed E-state index contributed by atoms with van der Waals surface area (Å²) in [6.45, 7) is 13.9. The van der Waals surface area contributed by atoms with Crippen molar-refractivity contribution in [1.29, 1.82) is 0 Å². The van der Waals surface area contributed by atoms with Crippen molar-refractivity contribution in [3.63, 3.8) is 0 Å². The first-order valence-corrected chi connectivity index (χ1v) is 7.12. The minimum absolute atomic E-state index is 0.0433. The zero-order chi connectivity index (χ0) is 15.3. The molecule has 0 aliphatic heterocycles. The largest absolute Gasteiger partial charge is 0.396 e. The van der Waals surface area contributed by atoms with Crippen LogP contribution in [0.1, 0.15) is 61.3 Å². The molecule has 0 saturated heterocycles. The van der Waals surface area contributed by atoms with Crippen molar-refractivity contribution >= 4 is 0 Å². The molecule has 0 aliphatic carbocycles. The van der Waals surface area contributed by atoms with E-state index in [0.717, 1.165) is 0 Å². The van der Waals surface area contributed by atoms with Crippen molar-refractivity contribution in [3.8, 4) is 0 Å². The molecular formula is C16H32O3. The van der Waals surface area contributed by atoms with Gasteiger partial charge in [0.05, 0.1) is 17.3 Å². The smallest absolute Gasteiger partial charge is 0.0718 e. The SMILES string of the molecule is CC=CC(C)(CCO)C(C)(C)OC(C)CC(C)(C)O. The van der Waals surface area contributed by atoms with E-state index >= 15 is 0 Å². The Balaban J connectivity index is 4.92. The molecule has 0 rings (SSSR count). The second-order valence-electron chi connectivity index (χ2n) is 6.85. The van der Waals surface area contributed by atoms with Gasteiger partial charge in [-0.25, -0.2) is 0 Å². The van der Waals surface area contributed by atoms with Gasteiger partial charge in [-0.05, 0) is 48.0 Å². The van der Waals surface area contributed by atoms with Gasteiger partial charge in [0.2, 0.25) is 0 Å². The van der Waals surface area contributed by atoms with Crippen LogP contribution in [0.4, 0.5) is 0 Å². The number of aliphatic hydroxyl groups is 2. The summed E-state index contributed by atoms with van der Waals surface area (Å²) in [5.41, 5.74) is -1.37. The van der Waals surface area contributed by atoms with E-state index in [4.69, 9.17) is 4.74 Å². The topological polar surface area (TPSA) is 49.7 Å². The Kier molecular flexibility index (Phi) is 6.73. The van der Waals surface area contributed by atoms with Crippen molar-refractivity contribution in [2.45, 2.75) is 78.6 Å². The number of rotatable bonds is 8. The summed E-state index contributed by atoms with van der Waals surface area (Å²) in [4.78, 5) is 0. The van der Waals surface area contributed by atoms with Gasteiger partial charge in [-0.1, -0.05) is 19.1 Å². The van der Waals surface area contributed by atoms with Gasteiger partial charge in [-0.2, -0.15) is 0 Å². The molecule has 0 heterocycles. The van der Waals surface area contributed by atoms with Crippen LogP contribution in [0.3, 0.4) is 0 Å². The van der Waals surface area contributed by atoms with Gasteiger partial charge in [0.25, 0.3) is 0 Å². The van der Waals surface area contributed by atoms with Crippen LogP contribution in [0.25, 0.3) is 0 Å². The van der Waals surface area contributed by atoms with E-state index in [-0.39, 0.29) is 18.1 Å². The Morgan fingerprint density at radius 2 is 1.68 bits per heavy atom. The molecule has 0 bridgehead atoms. The lowest BCUT2D eigenvalue weighted by Crippen LogP contribution is -2.46. The Morgan fingerprint density at radius 3 is 2.05 bits per heavy atom. The second kappa shape index (κ2) is 6.87. The van der Waals surface area contributed by atoms with Crippen LogP contribution in [0.2, 0.25) is 0 Å². The number of ether oxygens (including phenoxy) is 1. The zero-order valence-electron chi connectivity index (χ0n) is 13.7. The molecule has 114 valence electrons. The molecule has 19 heavy (non-hydrogen) atoms. The van der Waals surface area contributed by atoms with E-state index < -0.39 is 11.2 Å². The summed E-state index contributed by atoms with van der Waals surface area (Å²) in [5, 5.41) is 19.1. The molecule has 3 heteroatoms. The third kappa shape index (κ3) is 6.07. The molecule has 2 unspecified atom stereocenters. The summed E-state index contributed by atoms with van der Waals surface area (Å²) in [6.07, 6.45) is 5.29. The van der Waals surface area contributed by atoms with Crippen LogP contribution in [0, 0.1) is 5.41 Å². The Labute approximate surface area is 118 Å².